The van der Waals surface area contributed by atoms with Crippen molar-refractivity contribution in [1.29, 1.82) is 0 Å². The van der Waals surface area contributed by atoms with Crippen molar-refractivity contribution in [1.82, 2.24) is 4.90 Å². The van der Waals surface area contributed by atoms with Gasteiger partial charge in [-0.2, -0.15) is 0 Å². The van der Waals surface area contributed by atoms with Crippen molar-refractivity contribution in [3.63, 3.8) is 0 Å². The third-order valence-electron chi connectivity index (χ3n) is 4.72. The molecule has 21 heavy (non-hydrogen) atoms. The van der Waals surface area contributed by atoms with Gasteiger partial charge in [-0.15, -0.1) is 0 Å². The molecule has 0 amide bonds. The van der Waals surface area contributed by atoms with Crippen LogP contribution in [0, 0.1) is 6.92 Å². The second kappa shape index (κ2) is 9.22. The van der Waals surface area contributed by atoms with Gasteiger partial charge in [-0.25, -0.2) is 0 Å². The van der Waals surface area contributed by atoms with Crippen LogP contribution in [-0.2, 0) is 6.54 Å². The molecule has 1 atom stereocenters. The SMILES string of the molecule is CCCCCCCC(C)(CN)N(C)Cc1ccc(C)cc1. The minimum absolute atomic E-state index is 0.108. The molecule has 0 saturated heterocycles. The summed E-state index contributed by atoms with van der Waals surface area (Å²) in [6.07, 6.45) is 7.84. The highest BCUT2D eigenvalue weighted by Gasteiger charge is 2.27. The molecular weight excluding hydrogens is 256 g/mol. The lowest BCUT2D eigenvalue weighted by atomic mass is 9.92. The number of hydrogen-bond donors (Lipinski definition) is 1. The van der Waals surface area contributed by atoms with Crippen LogP contribution in [-0.4, -0.2) is 24.0 Å². The Kier molecular flexibility index (Phi) is 7.98. The third-order valence-corrected chi connectivity index (χ3v) is 4.72. The molecule has 120 valence electrons. The van der Waals surface area contributed by atoms with Gasteiger partial charge < -0.3 is 5.73 Å². The minimum atomic E-state index is 0.108. The van der Waals surface area contributed by atoms with Crippen LogP contribution in [0.5, 0.6) is 0 Å². The van der Waals surface area contributed by atoms with Crippen molar-refractivity contribution in [3.8, 4) is 0 Å². The van der Waals surface area contributed by atoms with Gasteiger partial charge in [-0.3, -0.25) is 4.90 Å². The van der Waals surface area contributed by atoms with E-state index in [0.717, 1.165) is 13.1 Å². The van der Waals surface area contributed by atoms with Crippen molar-refractivity contribution in [2.45, 2.75) is 71.4 Å². The predicted molar refractivity (Wildman–Crippen MR) is 93.5 cm³/mol. The average Bonchev–Trinajstić information content (AvgIpc) is 2.49. The molecule has 0 aromatic heterocycles. The number of nitrogens with two attached hydrogens (primary N) is 1. The average molecular weight is 290 g/mol. The van der Waals surface area contributed by atoms with E-state index in [-0.39, 0.29) is 5.54 Å². The highest BCUT2D eigenvalue weighted by Crippen LogP contribution is 2.23. The Labute approximate surface area is 131 Å². The van der Waals surface area contributed by atoms with Crippen LogP contribution in [0.3, 0.4) is 0 Å². The van der Waals surface area contributed by atoms with Crippen LogP contribution in [0.15, 0.2) is 24.3 Å². The van der Waals surface area contributed by atoms with Crippen LogP contribution in [0.1, 0.15) is 63.5 Å². The Morgan fingerprint density at radius 2 is 1.67 bits per heavy atom. The molecule has 2 N–H and O–H groups in total. The molecule has 0 heterocycles. The van der Waals surface area contributed by atoms with Gasteiger partial charge in [0.05, 0.1) is 0 Å². The van der Waals surface area contributed by atoms with E-state index in [0.29, 0.717) is 0 Å². The van der Waals surface area contributed by atoms with Crippen LogP contribution >= 0.6 is 0 Å². The lowest BCUT2D eigenvalue weighted by molar-refractivity contribution is 0.122. The zero-order valence-corrected chi connectivity index (χ0v) is 14.5. The Morgan fingerprint density at radius 1 is 1.05 bits per heavy atom. The van der Waals surface area contributed by atoms with Gasteiger partial charge in [0.1, 0.15) is 0 Å². The van der Waals surface area contributed by atoms with Crippen LogP contribution in [0.2, 0.25) is 0 Å². The van der Waals surface area contributed by atoms with Crippen molar-refractivity contribution in [3.05, 3.63) is 35.4 Å². The van der Waals surface area contributed by atoms with Crippen molar-refractivity contribution in [2.75, 3.05) is 13.6 Å². The molecule has 0 fully saturated rings. The lowest BCUT2D eigenvalue weighted by Gasteiger charge is -2.38. The maximum atomic E-state index is 6.08. The maximum Gasteiger partial charge on any atom is 0.0304 e. The summed E-state index contributed by atoms with van der Waals surface area (Å²) in [5, 5.41) is 0. The summed E-state index contributed by atoms with van der Waals surface area (Å²) < 4.78 is 0. The van der Waals surface area contributed by atoms with Gasteiger partial charge in [-0.1, -0.05) is 68.9 Å². The zero-order chi connectivity index (χ0) is 15.7. The summed E-state index contributed by atoms with van der Waals surface area (Å²) in [7, 11) is 2.21. The van der Waals surface area contributed by atoms with Gasteiger partial charge in [-0.05, 0) is 32.9 Å². The normalized spacial score (nSPS) is 14.4. The molecule has 0 aliphatic heterocycles. The summed E-state index contributed by atoms with van der Waals surface area (Å²) >= 11 is 0. The van der Waals surface area contributed by atoms with Gasteiger partial charge in [0.15, 0.2) is 0 Å². The Hall–Kier alpha value is -0.860. The molecule has 0 aliphatic rings. The molecule has 1 rings (SSSR count). The molecule has 0 aliphatic carbocycles. The molecule has 1 aromatic rings. The molecule has 0 radical (unpaired) electrons. The number of nitrogens with zero attached hydrogens (tertiary/aromatic N) is 1. The summed E-state index contributed by atoms with van der Waals surface area (Å²) in [6.45, 7) is 8.40. The van der Waals surface area contributed by atoms with Crippen LogP contribution in [0.4, 0.5) is 0 Å². The fraction of sp³-hybridized carbons (Fsp3) is 0.684. The topological polar surface area (TPSA) is 29.3 Å². The highest BCUT2D eigenvalue weighted by molar-refractivity contribution is 5.21. The first-order valence-corrected chi connectivity index (χ1v) is 8.48. The molecule has 1 aromatic carbocycles. The minimum Gasteiger partial charge on any atom is -0.329 e. The van der Waals surface area contributed by atoms with E-state index in [2.05, 4.69) is 57.0 Å². The van der Waals surface area contributed by atoms with E-state index >= 15 is 0 Å². The molecule has 2 nitrogen and oxygen atoms in total. The largest absolute Gasteiger partial charge is 0.329 e. The first-order valence-electron chi connectivity index (χ1n) is 8.48. The number of unbranched alkanes of at least 4 members (excludes halogenated alkanes) is 4. The number of hydrogen-bond acceptors (Lipinski definition) is 2. The van der Waals surface area contributed by atoms with Gasteiger partial charge in [0.2, 0.25) is 0 Å². The zero-order valence-electron chi connectivity index (χ0n) is 14.5. The fourth-order valence-corrected chi connectivity index (χ4v) is 2.72. The molecule has 0 bridgehead atoms. The first kappa shape index (κ1) is 18.2. The summed E-state index contributed by atoms with van der Waals surface area (Å²) in [4.78, 5) is 2.43. The number of rotatable bonds is 10. The van der Waals surface area contributed by atoms with Gasteiger partial charge in [0, 0.05) is 18.6 Å². The van der Waals surface area contributed by atoms with E-state index in [1.54, 1.807) is 0 Å². The second-order valence-corrected chi connectivity index (χ2v) is 6.71. The molecule has 2 heteroatoms. The van der Waals surface area contributed by atoms with Gasteiger partial charge in [0.25, 0.3) is 0 Å². The smallest absolute Gasteiger partial charge is 0.0304 e. The Balaban J connectivity index is 2.49. The lowest BCUT2D eigenvalue weighted by Crippen LogP contribution is -2.49. The molecule has 0 spiro atoms. The van der Waals surface area contributed by atoms with Gasteiger partial charge >= 0.3 is 0 Å². The van der Waals surface area contributed by atoms with E-state index in [9.17, 15) is 0 Å². The Morgan fingerprint density at radius 3 is 2.24 bits per heavy atom. The van der Waals surface area contributed by atoms with E-state index < -0.39 is 0 Å². The van der Waals surface area contributed by atoms with E-state index in [4.69, 9.17) is 5.73 Å². The second-order valence-electron chi connectivity index (χ2n) is 6.71. The summed E-state index contributed by atoms with van der Waals surface area (Å²) in [5.41, 5.74) is 8.88. The Bertz CT molecular complexity index is 385. The number of benzene rings is 1. The molecule has 1 unspecified atom stereocenters. The third kappa shape index (κ3) is 6.19. The highest BCUT2D eigenvalue weighted by atomic mass is 15.2. The van der Waals surface area contributed by atoms with Crippen LogP contribution < -0.4 is 5.73 Å². The van der Waals surface area contributed by atoms with Crippen LogP contribution in [0.25, 0.3) is 0 Å². The monoisotopic (exact) mass is 290 g/mol. The molecular formula is C19H34N2. The number of aryl methyl sites for hydroxylation is 1. The maximum absolute atomic E-state index is 6.08. The fourth-order valence-electron chi connectivity index (χ4n) is 2.72. The predicted octanol–water partition coefficient (Wildman–Crippen LogP) is 4.50. The summed E-state index contributed by atoms with van der Waals surface area (Å²) in [5.74, 6) is 0. The first-order chi connectivity index (χ1) is 10.0. The summed E-state index contributed by atoms with van der Waals surface area (Å²) in [6, 6.07) is 8.83. The molecule has 0 saturated carbocycles. The van der Waals surface area contributed by atoms with Crippen molar-refractivity contribution >= 4 is 0 Å². The van der Waals surface area contributed by atoms with Crippen molar-refractivity contribution < 1.29 is 0 Å². The van der Waals surface area contributed by atoms with E-state index in [1.165, 1.54) is 49.7 Å². The standard InChI is InChI=1S/C19H34N2/c1-5-6-7-8-9-14-19(3,16-20)21(4)15-18-12-10-17(2)11-13-18/h10-13H,5-9,14-16,20H2,1-4H3. The quantitative estimate of drug-likeness (QED) is 0.643. The van der Waals surface area contributed by atoms with E-state index in [1.807, 2.05) is 0 Å². The van der Waals surface area contributed by atoms with Crippen molar-refractivity contribution in [2.24, 2.45) is 5.73 Å². The number of likely N-dealkylation sites (N-methyl/N-ethyl adjacent to an activating group) is 1.